The first-order valence-electron chi connectivity index (χ1n) is 7.74. The summed E-state index contributed by atoms with van der Waals surface area (Å²) in [4.78, 5) is 16.5. The van der Waals surface area contributed by atoms with Crippen LogP contribution in [0.25, 0.3) is 0 Å². The number of rotatable bonds is 4. The second-order valence-electron chi connectivity index (χ2n) is 6.87. The molecular formula is C17H27N3O2. The first kappa shape index (κ1) is 16.8. The number of anilines is 2. The van der Waals surface area contributed by atoms with E-state index in [1.807, 2.05) is 18.2 Å². The van der Waals surface area contributed by atoms with Crippen molar-refractivity contribution in [1.82, 2.24) is 4.90 Å². The molecule has 0 saturated carbocycles. The van der Waals surface area contributed by atoms with Crippen molar-refractivity contribution in [3.05, 3.63) is 23.8 Å². The Kier molecular flexibility index (Phi) is 4.78. The summed E-state index contributed by atoms with van der Waals surface area (Å²) < 4.78 is 0. The predicted octanol–water partition coefficient (Wildman–Crippen LogP) is 1.84. The third kappa shape index (κ3) is 3.78. The molecule has 2 N–H and O–H groups in total. The number of nitrogens with zero attached hydrogens (tertiary/aromatic N) is 2. The van der Waals surface area contributed by atoms with E-state index < -0.39 is 11.5 Å². The molecule has 1 fully saturated rings. The Balaban J connectivity index is 2.16. The van der Waals surface area contributed by atoms with E-state index >= 15 is 0 Å². The Morgan fingerprint density at radius 3 is 2.64 bits per heavy atom. The van der Waals surface area contributed by atoms with E-state index in [0.717, 1.165) is 30.9 Å². The highest BCUT2D eigenvalue weighted by atomic mass is 16.3. The predicted molar refractivity (Wildman–Crippen MR) is 90.4 cm³/mol. The van der Waals surface area contributed by atoms with E-state index in [0.29, 0.717) is 6.04 Å². The third-order valence-corrected chi connectivity index (χ3v) is 4.26. The molecule has 0 unspecified atom stereocenters. The lowest BCUT2D eigenvalue weighted by atomic mass is 10.1. The van der Waals surface area contributed by atoms with Gasteiger partial charge in [-0.1, -0.05) is 6.07 Å². The van der Waals surface area contributed by atoms with Crippen LogP contribution >= 0.6 is 0 Å². The Hall–Kier alpha value is -1.59. The second kappa shape index (κ2) is 6.26. The van der Waals surface area contributed by atoms with Crippen molar-refractivity contribution >= 4 is 17.3 Å². The van der Waals surface area contributed by atoms with Crippen molar-refractivity contribution in [2.75, 3.05) is 37.4 Å². The molecule has 5 heteroatoms. The number of likely N-dealkylation sites (N-methyl/N-ethyl adjacent to an activating group) is 1. The van der Waals surface area contributed by atoms with Gasteiger partial charge in [0.1, 0.15) is 5.60 Å². The zero-order valence-corrected chi connectivity index (χ0v) is 14.2. The van der Waals surface area contributed by atoms with Crippen molar-refractivity contribution in [3.8, 4) is 0 Å². The van der Waals surface area contributed by atoms with E-state index in [1.54, 1.807) is 0 Å². The van der Waals surface area contributed by atoms with Gasteiger partial charge in [0.2, 0.25) is 0 Å². The molecule has 0 bridgehead atoms. The lowest BCUT2D eigenvalue weighted by molar-refractivity contribution is -0.130. The number of amides is 1. The highest BCUT2D eigenvalue weighted by Gasteiger charge is 2.26. The molecule has 22 heavy (non-hydrogen) atoms. The highest BCUT2D eigenvalue weighted by Crippen LogP contribution is 2.28. The molecule has 1 aliphatic rings. The van der Waals surface area contributed by atoms with E-state index in [2.05, 4.69) is 36.1 Å². The van der Waals surface area contributed by atoms with Crippen LogP contribution in [0, 0.1) is 6.92 Å². The van der Waals surface area contributed by atoms with E-state index in [-0.39, 0.29) is 0 Å². The molecule has 1 heterocycles. The van der Waals surface area contributed by atoms with Gasteiger partial charge in [-0.05, 0) is 59.0 Å². The number of carbonyl (C=O) groups excluding carboxylic acids is 1. The largest absolute Gasteiger partial charge is 0.381 e. The molecule has 2 rings (SSSR count). The maximum absolute atomic E-state index is 11.9. The fraction of sp³-hybridized carbons (Fsp3) is 0.588. The van der Waals surface area contributed by atoms with Crippen LogP contribution < -0.4 is 10.2 Å². The smallest absolute Gasteiger partial charge is 0.255 e. The monoisotopic (exact) mass is 305 g/mol. The normalized spacial score (nSPS) is 18.9. The van der Waals surface area contributed by atoms with Gasteiger partial charge >= 0.3 is 0 Å². The molecule has 1 amide bonds. The number of aliphatic hydroxyl groups is 1. The molecule has 1 aliphatic heterocycles. The summed E-state index contributed by atoms with van der Waals surface area (Å²) in [5.74, 6) is -0.394. The van der Waals surface area contributed by atoms with Gasteiger partial charge in [-0.2, -0.15) is 0 Å². The summed E-state index contributed by atoms with van der Waals surface area (Å²) in [6, 6.07) is 6.45. The molecule has 0 aromatic heterocycles. The summed E-state index contributed by atoms with van der Waals surface area (Å²) in [6.07, 6.45) is 1.15. The van der Waals surface area contributed by atoms with E-state index in [1.165, 1.54) is 19.4 Å². The standard InChI is InChI=1S/C17H27N3O2/c1-12-6-7-13(18-16(21)17(2,3)22)10-15(12)20-9-8-14(11-20)19(4)5/h6-7,10,14,22H,8-9,11H2,1-5H3,(H,18,21)/t14-/m1/s1. The lowest BCUT2D eigenvalue weighted by Gasteiger charge is -2.24. The molecule has 1 atom stereocenters. The number of carbonyl (C=O) groups is 1. The number of aryl methyl sites for hydroxylation is 1. The van der Waals surface area contributed by atoms with Gasteiger partial charge in [-0.15, -0.1) is 0 Å². The maximum Gasteiger partial charge on any atom is 0.255 e. The summed E-state index contributed by atoms with van der Waals surface area (Å²) in [7, 11) is 4.22. The van der Waals surface area contributed by atoms with Gasteiger partial charge in [-0.25, -0.2) is 0 Å². The van der Waals surface area contributed by atoms with Crippen molar-refractivity contribution in [3.63, 3.8) is 0 Å². The average molecular weight is 305 g/mol. The Bertz CT molecular complexity index is 549. The molecule has 1 saturated heterocycles. The van der Waals surface area contributed by atoms with Crippen molar-refractivity contribution < 1.29 is 9.90 Å². The SMILES string of the molecule is Cc1ccc(NC(=O)C(C)(C)O)cc1N1CC[C@@H](N(C)C)C1. The molecular weight excluding hydrogens is 278 g/mol. The van der Waals surface area contributed by atoms with Gasteiger partial charge < -0.3 is 20.2 Å². The lowest BCUT2D eigenvalue weighted by Crippen LogP contribution is -2.36. The summed E-state index contributed by atoms with van der Waals surface area (Å²) in [5, 5.41) is 12.5. The van der Waals surface area contributed by atoms with Crippen LogP contribution in [0.1, 0.15) is 25.8 Å². The minimum atomic E-state index is -1.38. The van der Waals surface area contributed by atoms with Gasteiger partial charge in [0, 0.05) is 30.5 Å². The fourth-order valence-corrected chi connectivity index (χ4v) is 2.69. The molecule has 0 radical (unpaired) electrons. The van der Waals surface area contributed by atoms with Crippen LogP contribution in [0.15, 0.2) is 18.2 Å². The summed E-state index contributed by atoms with van der Waals surface area (Å²) in [5.41, 5.74) is 1.69. The quantitative estimate of drug-likeness (QED) is 0.891. The summed E-state index contributed by atoms with van der Waals surface area (Å²) in [6.45, 7) is 7.07. The van der Waals surface area contributed by atoms with Gasteiger partial charge in [0.25, 0.3) is 5.91 Å². The minimum Gasteiger partial charge on any atom is -0.381 e. The minimum absolute atomic E-state index is 0.394. The van der Waals surface area contributed by atoms with Gasteiger partial charge in [-0.3, -0.25) is 4.79 Å². The number of nitrogens with one attached hydrogen (secondary N) is 1. The van der Waals surface area contributed by atoms with Crippen LogP contribution in [0.5, 0.6) is 0 Å². The van der Waals surface area contributed by atoms with Crippen molar-refractivity contribution in [1.29, 1.82) is 0 Å². The number of benzene rings is 1. The highest BCUT2D eigenvalue weighted by molar-refractivity contribution is 5.96. The number of hydrogen-bond donors (Lipinski definition) is 2. The van der Waals surface area contributed by atoms with Crippen LogP contribution in [-0.2, 0) is 4.79 Å². The summed E-state index contributed by atoms with van der Waals surface area (Å²) >= 11 is 0. The molecule has 0 spiro atoms. The Morgan fingerprint density at radius 1 is 1.41 bits per heavy atom. The van der Waals surface area contributed by atoms with E-state index in [9.17, 15) is 9.90 Å². The average Bonchev–Trinajstić information content (AvgIpc) is 2.89. The number of hydrogen-bond acceptors (Lipinski definition) is 4. The van der Waals surface area contributed by atoms with Gasteiger partial charge in [0.05, 0.1) is 0 Å². The molecule has 1 aromatic carbocycles. The molecule has 0 aliphatic carbocycles. The van der Waals surface area contributed by atoms with Crippen LogP contribution in [-0.4, -0.2) is 54.7 Å². The molecule has 5 nitrogen and oxygen atoms in total. The Morgan fingerprint density at radius 2 is 2.09 bits per heavy atom. The second-order valence-corrected chi connectivity index (χ2v) is 6.87. The van der Waals surface area contributed by atoms with E-state index in [4.69, 9.17) is 0 Å². The maximum atomic E-state index is 11.9. The topological polar surface area (TPSA) is 55.8 Å². The van der Waals surface area contributed by atoms with Crippen LogP contribution in [0.4, 0.5) is 11.4 Å². The van der Waals surface area contributed by atoms with Crippen molar-refractivity contribution in [2.24, 2.45) is 0 Å². The fourth-order valence-electron chi connectivity index (χ4n) is 2.69. The Labute approximate surface area is 132 Å². The first-order valence-corrected chi connectivity index (χ1v) is 7.74. The molecule has 122 valence electrons. The van der Waals surface area contributed by atoms with Gasteiger partial charge in [0.15, 0.2) is 0 Å². The van der Waals surface area contributed by atoms with Crippen molar-refractivity contribution in [2.45, 2.75) is 38.8 Å². The molecule has 1 aromatic rings. The van der Waals surface area contributed by atoms with Crippen LogP contribution in [0.2, 0.25) is 0 Å². The zero-order valence-electron chi connectivity index (χ0n) is 14.2. The zero-order chi connectivity index (χ0) is 16.5. The van der Waals surface area contributed by atoms with Crippen LogP contribution in [0.3, 0.4) is 0 Å². The first-order chi connectivity index (χ1) is 10.2. The third-order valence-electron chi connectivity index (χ3n) is 4.26.